The Morgan fingerprint density at radius 1 is 1.41 bits per heavy atom. The monoisotopic (exact) mass is 304 g/mol. The molecular weight excluding hydrogens is 288 g/mol. The van der Waals surface area contributed by atoms with Crippen molar-refractivity contribution in [1.29, 1.82) is 0 Å². The van der Waals surface area contributed by atoms with Gasteiger partial charge in [-0.25, -0.2) is 0 Å². The van der Waals surface area contributed by atoms with Crippen molar-refractivity contribution in [1.82, 2.24) is 9.97 Å². The number of anilines is 4. The van der Waals surface area contributed by atoms with E-state index in [2.05, 4.69) is 20.6 Å². The summed E-state index contributed by atoms with van der Waals surface area (Å²) in [5.41, 5.74) is 6.89. The van der Waals surface area contributed by atoms with E-state index in [0.29, 0.717) is 5.69 Å². The van der Waals surface area contributed by atoms with E-state index in [4.69, 9.17) is 10.8 Å². The lowest BCUT2D eigenvalue weighted by Gasteiger charge is -2.10. The van der Waals surface area contributed by atoms with E-state index in [-0.39, 0.29) is 30.7 Å². The molecule has 9 heteroatoms. The van der Waals surface area contributed by atoms with Crippen LogP contribution in [0.5, 0.6) is 0 Å². The molecule has 1 aromatic carbocycles. The first-order valence-electron chi connectivity index (χ1n) is 6.51. The van der Waals surface area contributed by atoms with E-state index in [1.807, 2.05) is 25.1 Å². The highest BCUT2D eigenvalue weighted by Crippen LogP contribution is 2.31. The van der Waals surface area contributed by atoms with Crippen LogP contribution in [0.25, 0.3) is 0 Å². The zero-order valence-corrected chi connectivity index (χ0v) is 11.9. The highest BCUT2D eigenvalue weighted by Gasteiger charge is 2.23. The van der Waals surface area contributed by atoms with Crippen LogP contribution in [0.1, 0.15) is 5.56 Å². The van der Waals surface area contributed by atoms with Crippen LogP contribution < -0.4 is 16.4 Å². The molecule has 0 aliphatic heterocycles. The number of nitrogens with one attached hydrogen (secondary N) is 2. The molecule has 116 valence electrons. The lowest BCUT2D eigenvalue weighted by molar-refractivity contribution is -0.383. The Morgan fingerprint density at radius 3 is 2.82 bits per heavy atom. The molecule has 2 aromatic rings. The number of rotatable bonds is 6. The molecule has 0 radical (unpaired) electrons. The second-order valence-electron chi connectivity index (χ2n) is 4.53. The molecule has 0 amide bonds. The Hall–Kier alpha value is -2.94. The molecule has 0 bridgehead atoms. The van der Waals surface area contributed by atoms with Gasteiger partial charge in [-0.2, -0.15) is 9.97 Å². The topological polar surface area (TPSA) is 139 Å². The van der Waals surface area contributed by atoms with Crippen molar-refractivity contribution in [3.05, 3.63) is 39.9 Å². The number of nitrogens with zero attached hydrogens (tertiary/aromatic N) is 3. The summed E-state index contributed by atoms with van der Waals surface area (Å²) in [5.74, 6) is -0.161. The number of nitrogen functional groups attached to an aromatic ring is 1. The number of aryl methyl sites for hydroxylation is 1. The molecule has 1 heterocycles. The molecule has 5 N–H and O–H groups in total. The highest BCUT2D eigenvalue weighted by molar-refractivity contribution is 5.74. The van der Waals surface area contributed by atoms with Gasteiger partial charge in [-0.15, -0.1) is 0 Å². The van der Waals surface area contributed by atoms with E-state index in [9.17, 15) is 10.1 Å². The molecule has 0 spiro atoms. The first-order valence-corrected chi connectivity index (χ1v) is 6.51. The van der Waals surface area contributed by atoms with Crippen molar-refractivity contribution in [3.63, 3.8) is 0 Å². The van der Waals surface area contributed by atoms with Crippen molar-refractivity contribution < 1.29 is 10.0 Å². The molecule has 0 atom stereocenters. The minimum Gasteiger partial charge on any atom is -0.395 e. The number of aliphatic hydroxyl groups is 1. The molecule has 0 aliphatic carbocycles. The minimum absolute atomic E-state index is 0.0106. The van der Waals surface area contributed by atoms with Crippen LogP contribution in [0, 0.1) is 17.0 Å². The smallest absolute Gasteiger partial charge is 0.353 e. The van der Waals surface area contributed by atoms with Crippen molar-refractivity contribution in [2.24, 2.45) is 0 Å². The van der Waals surface area contributed by atoms with Crippen molar-refractivity contribution in [3.8, 4) is 0 Å². The molecule has 22 heavy (non-hydrogen) atoms. The van der Waals surface area contributed by atoms with Gasteiger partial charge in [0.1, 0.15) is 0 Å². The maximum absolute atomic E-state index is 11.2. The van der Waals surface area contributed by atoms with Crippen LogP contribution in [-0.4, -0.2) is 33.1 Å². The first-order chi connectivity index (χ1) is 10.5. The lowest BCUT2D eigenvalue weighted by atomic mass is 10.2. The number of nitrogens with two attached hydrogens (primary N) is 1. The standard InChI is InChI=1S/C13H16N6O3/c1-8-3-2-4-9(7-8)16-12-10(19(21)22)11(14)17-13(18-12)15-5-6-20/h2-4,7,20H,5-6H2,1H3,(H4,14,15,16,17,18). The van der Waals surface area contributed by atoms with Gasteiger partial charge in [-0.3, -0.25) is 10.1 Å². The predicted octanol–water partition coefficient (Wildman–Crippen LogP) is 1.42. The zero-order chi connectivity index (χ0) is 16.1. The Morgan fingerprint density at radius 2 is 2.18 bits per heavy atom. The maximum Gasteiger partial charge on any atom is 0.353 e. The molecule has 9 nitrogen and oxygen atoms in total. The number of aromatic nitrogens is 2. The van der Waals surface area contributed by atoms with Gasteiger partial charge in [0, 0.05) is 12.2 Å². The summed E-state index contributed by atoms with van der Waals surface area (Å²) in [7, 11) is 0. The second-order valence-corrected chi connectivity index (χ2v) is 4.53. The van der Waals surface area contributed by atoms with Gasteiger partial charge < -0.3 is 21.5 Å². The zero-order valence-electron chi connectivity index (χ0n) is 11.9. The number of benzene rings is 1. The average molecular weight is 304 g/mol. The lowest BCUT2D eigenvalue weighted by Crippen LogP contribution is -2.12. The van der Waals surface area contributed by atoms with Crippen LogP contribution in [0.3, 0.4) is 0 Å². The van der Waals surface area contributed by atoms with Crippen molar-refractivity contribution in [2.75, 3.05) is 29.5 Å². The molecule has 0 unspecified atom stereocenters. The molecular formula is C13H16N6O3. The van der Waals surface area contributed by atoms with Crippen LogP contribution >= 0.6 is 0 Å². The number of aliphatic hydroxyl groups excluding tert-OH is 1. The highest BCUT2D eigenvalue weighted by atomic mass is 16.6. The molecule has 1 aromatic heterocycles. The largest absolute Gasteiger partial charge is 0.395 e. The Kier molecular flexibility index (Phi) is 4.69. The van der Waals surface area contributed by atoms with Crippen LogP contribution in [-0.2, 0) is 0 Å². The fourth-order valence-electron chi connectivity index (χ4n) is 1.85. The molecule has 0 fully saturated rings. The van der Waals surface area contributed by atoms with Crippen LogP contribution in [0.15, 0.2) is 24.3 Å². The Balaban J connectivity index is 2.41. The van der Waals surface area contributed by atoms with E-state index < -0.39 is 10.6 Å². The van der Waals surface area contributed by atoms with Crippen molar-refractivity contribution >= 4 is 29.0 Å². The van der Waals surface area contributed by atoms with E-state index in [1.165, 1.54) is 0 Å². The third-order valence-corrected chi connectivity index (χ3v) is 2.77. The van der Waals surface area contributed by atoms with Gasteiger partial charge in [0.15, 0.2) is 0 Å². The predicted molar refractivity (Wildman–Crippen MR) is 83.1 cm³/mol. The molecule has 0 saturated heterocycles. The minimum atomic E-state index is -0.636. The van der Waals surface area contributed by atoms with E-state index >= 15 is 0 Å². The van der Waals surface area contributed by atoms with E-state index in [0.717, 1.165) is 5.56 Å². The fourth-order valence-corrected chi connectivity index (χ4v) is 1.85. The summed E-state index contributed by atoms with van der Waals surface area (Å²) in [4.78, 5) is 18.4. The van der Waals surface area contributed by atoms with E-state index in [1.54, 1.807) is 6.07 Å². The normalized spacial score (nSPS) is 10.3. The summed E-state index contributed by atoms with van der Waals surface area (Å²) in [5, 5.41) is 25.6. The number of hydrogen-bond donors (Lipinski definition) is 4. The van der Waals surface area contributed by atoms with Gasteiger partial charge in [-0.05, 0) is 24.6 Å². The third-order valence-electron chi connectivity index (χ3n) is 2.77. The first kappa shape index (κ1) is 15.4. The van der Waals surface area contributed by atoms with Gasteiger partial charge in [0.2, 0.25) is 17.6 Å². The number of hydrogen-bond acceptors (Lipinski definition) is 8. The quantitative estimate of drug-likeness (QED) is 0.464. The Labute approximate surface area is 126 Å². The summed E-state index contributed by atoms with van der Waals surface area (Å²) < 4.78 is 0. The average Bonchev–Trinajstić information content (AvgIpc) is 2.44. The molecule has 0 saturated carbocycles. The van der Waals surface area contributed by atoms with Crippen LogP contribution in [0.2, 0.25) is 0 Å². The maximum atomic E-state index is 11.2. The molecule has 2 rings (SSSR count). The van der Waals surface area contributed by atoms with Gasteiger partial charge in [-0.1, -0.05) is 12.1 Å². The second kappa shape index (κ2) is 6.68. The third kappa shape index (κ3) is 3.58. The van der Waals surface area contributed by atoms with Gasteiger partial charge in [0.25, 0.3) is 0 Å². The van der Waals surface area contributed by atoms with Crippen molar-refractivity contribution in [2.45, 2.75) is 6.92 Å². The molecule has 0 aliphatic rings. The fraction of sp³-hybridized carbons (Fsp3) is 0.231. The van der Waals surface area contributed by atoms with Crippen LogP contribution in [0.4, 0.5) is 29.0 Å². The summed E-state index contributed by atoms with van der Waals surface area (Å²) in [6, 6.07) is 7.31. The van der Waals surface area contributed by atoms with Gasteiger partial charge >= 0.3 is 5.69 Å². The van der Waals surface area contributed by atoms with Gasteiger partial charge in [0.05, 0.1) is 11.5 Å². The summed E-state index contributed by atoms with van der Waals surface area (Å²) in [6.07, 6.45) is 0. The Bertz CT molecular complexity index is 691. The SMILES string of the molecule is Cc1cccc(Nc2nc(NCCO)nc(N)c2[N+](=O)[O-])c1. The summed E-state index contributed by atoms with van der Waals surface area (Å²) in [6.45, 7) is 1.99. The number of nitro groups is 1. The summed E-state index contributed by atoms with van der Waals surface area (Å²) >= 11 is 0.